The van der Waals surface area contributed by atoms with Crippen LogP contribution in [0.3, 0.4) is 0 Å². The van der Waals surface area contributed by atoms with Crippen LogP contribution in [0.5, 0.6) is 5.75 Å². The molecule has 0 saturated carbocycles. The van der Waals surface area contributed by atoms with Crippen LogP contribution < -0.4 is 9.46 Å². The molecule has 1 N–H and O–H groups in total. The molecule has 0 spiro atoms. The molecule has 0 bridgehead atoms. The minimum absolute atomic E-state index is 0.185. The van der Waals surface area contributed by atoms with E-state index < -0.39 is 10.0 Å². The number of para-hydroxylation sites is 2. The molecule has 3 aromatic rings. The van der Waals surface area contributed by atoms with E-state index in [1.165, 1.54) is 0 Å². The highest BCUT2D eigenvalue weighted by atomic mass is 32.2. The van der Waals surface area contributed by atoms with Gasteiger partial charge in [0.1, 0.15) is 17.1 Å². The molecule has 0 amide bonds. The Kier molecular flexibility index (Phi) is 5.52. The van der Waals surface area contributed by atoms with Crippen molar-refractivity contribution in [3.05, 3.63) is 78.4 Å². The van der Waals surface area contributed by atoms with Gasteiger partial charge in [0.05, 0.1) is 17.7 Å². The summed E-state index contributed by atoms with van der Waals surface area (Å²) in [4.78, 5) is 0.185. The molecular weight excluding hydrogens is 362 g/mol. The van der Waals surface area contributed by atoms with E-state index in [2.05, 4.69) is 15.0 Å². The number of rotatable bonds is 6. The number of ether oxygens (including phenoxy) is 1. The summed E-state index contributed by atoms with van der Waals surface area (Å²) < 4.78 is 33.1. The predicted octanol–water partition coefficient (Wildman–Crippen LogP) is 5.22. The van der Waals surface area contributed by atoms with Crippen molar-refractivity contribution in [2.75, 3.05) is 11.8 Å². The molecule has 0 heterocycles. The van der Waals surface area contributed by atoms with Crippen LogP contribution in [-0.2, 0) is 10.0 Å². The Hall–Kier alpha value is -3.19. The summed E-state index contributed by atoms with van der Waals surface area (Å²) in [5.41, 5.74) is 2.28. The molecule has 0 aliphatic rings. The molecule has 7 heteroatoms. The lowest BCUT2D eigenvalue weighted by molar-refractivity contribution is 0.416. The Morgan fingerprint density at radius 3 is 2.11 bits per heavy atom. The Morgan fingerprint density at radius 1 is 0.815 bits per heavy atom. The van der Waals surface area contributed by atoms with E-state index in [1.807, 2.05) is 19.1 Å². The van der Waals surface area contributed by atoms with Gasteiger partial charge in [-0.05, 0) is 43.3 Å². The molecule has 0 saturated heterocycles. The second kappa shape index (κ2) is 8.01. The predicted molar refractivity (Wildman–Crippen MR) is 106 cm³/mol. The maximum Gasteiger partial charge on any atom is 0.261 e. The fraction of sp³-hybridized carbons (Fsp3) is 0.100. The molecule has 0 fully saturated rings. The maximum absolute atomic E-state index is 12.6. The highest BCUT2D eigenvalue weighted by molar-refractivity contribution is 7.92. The molecule has 0 aliphatic carbocycles. The normalized spacial score (nSPS) is 11.5. The van der Waals surface area contributed by atoms with Gasteiger partial charge in [0.25, 0.3) is 10.0 Å². The van der Waals surface area contributed by atoms with Crippen molar-refractivity contribution in [2.24, 2.45) is 10.2 Å². The van der Waals surface area contributed by atoms with Crippen molar-refractivity contribution < 1.29 is 13.2 Å². The SMILES string of the molecule is COc1ccccc1N=Nc1ccccc1NS(=O)(=O)c1ccc(C)cc1. The van der Waals surface area contributed by atoms with Gasteiger partial charge in [-0.1, -0.05) is 42.0 Å². The quantitative estimate of drug-likeness (QED) is 0.595. The first-order chi connectivity index (χ1) is 13.0. The standard InChI is InChI=1S/C20H19N3O3S/c1-15-11-13-16(14-12-15)27(24,25)23-18-8-4-3-7-17(18)21-22-19-9-5-6-10-20(19)26-2/h3-14,23H,1-2H3. The number of benzene rings is 3. The van der Waals surface area contributed by atoms with Crippen molar-refractivity contribution in [3.8, 4) is 5.75 Å². The molecule has 0 radical (unpaired) electrons. The fourth-order valence-electron chi connectivity index (χ4n) is 2.39. The van der Waals surface area contributed by atoms with Crippen molar-refractivity contribution in [3.63, 3.8) is 0 Å². The van der Waals surface area contributed by atoms with Gasteiger partial charge in [0, 0.05) is 0 Å². The average molecular weight is 381 g/mol. The number of nitrogens with zero attached hydrogens (tertiary/aromatic N) is 2. The molecular formula is C20H19N3O3S. The van der Waals surface area contributed by atoms with E-state index in [0.29, 0.717) is 22.8 Å². The molecule has 27 heavy (non-hydrogen) atoms. The zero-order valence-corrected chi connectivity index (χ0v) is 15.8. The molecule has 0 aliphatic heterocycles. The first kappa shape index (κ1) is 18.6. The zero-order chi connectivity index (χ0) is 19.3. The number of hydrogen-bond acceptors (Lipinski definition) is 5. The van der Waals surface area contributed by atoms with E-state index in [1.54, 1.807) is 67.8 Å². The molecule has 0 aromatic heterocycles. The highest BCUT2D eigenvalue weighted by Crippen LogP contribution is 2.32. The number of azo groups is 1. The Bertz CT molecular complexity index is 1060. The van der Waals surface area contributed by atoms with E-state index in [9.17, 15) is 8.42 Å². The van der Waals surface area contributed by atoms with Crippen LogP contribution in [0, 0.1) is 6.92 Å². The second-order valence-electron chi connectivity index (χ2n) is 5.81. The summed E-state index contributed by atoms with van der Waals surface area (Å²) in [6, 6.07) is 20.7. The van der Waals surface area contributed by atoms with Crippen molar-refractivity contribution in [1.29, 1.82) is 0 Å². The number of anilines is 1. The lowest BCUT2D eigenvalue weighted by Crippen LogP contribution is -2.12. The van der Waals surface area contributed by atoms with Gasteiger partial charge in [-0.3, -0.25) is 4.72 Å². The van der Waals surface area contributed by atoms with E-state index in [0.717, 1.165) is 5.56 Å². The second-order valence-corrected chi connectivity index (χ2v) is 7.49. The average Bonchev–Trinajstić information content (AvgIpc) is 2.67. The topological polar surface area (TPSA) is 80.1 Å². The summed E-state index contributed by atoms with van der Waals surface area (Å²) in [7, 11) is -2.17. The number of sulfonamides is 1. The summed E-state index contributed by atoms with van der Waals surface area (Å²) >= 11 is 0. The highest BCUT2D eigenvalue weighted by Gasteiger charge is 2.15. The Morgan fingerprint density at radius 2 is 1.41 bits per heavy atom. The summed E-state index contributed by atoms with van der Waals surface area (Å²) in [5, 5.41) is 8.38. The number of hydrogen-bond donors (Lipinski definition) is 1. The fourth-order valence-corrected chi connectivity index (χ4v) is 3.46. The minimum atomic E-state index is -3.72. The third-order valence-electron chi connectivity index (χ3n) is 3.83. The van der Waals surface area contributed by atoms with Crippen LogP contribution in [-0.4, -0.2) is 15.5 Å². The third kappa shape index (κ3) is 4.51. The van der Waals surface area contributed by atoms with E-state index in [4.69, 9.17) is 4.74 Å². The lowest BCUT2D eigenvalue weighted by Gasteiger charge is -2.10. The monoisotopic (exact) mass is 381 g/mol. The van der Waals surface area contributed by atoms with Gasteiger partial charge in [-0.2, -0.15) is 0 Å². The zero-order valence-electron chi connectivity index (χ0n) is 15.0. The lowest BCUT2D eigenvalue weighted by atomic mass is 10.2. The smallest absolute Gasteiger partial charge is 0.261 e. The van der Waals surface area contributed by atoms with E-state index in [-0.39, 0.29) is 4.90 Å². The largest absolute Gasteiger partial charge is 0.494 e. The first-order valence-corrected chi connectivity index (χ1v) is 9.71. The number of methoxy groups -OCH3 is 1. The Balaban J connectivity index is 1.90. The maximum atomic E-state index is 12.6. The van der Waals surface area contributed by atoms with E-state index >= 15 is 0 Å². The summed E-state index contributed by atoms with van der Waals surface area (Å²) in [6.07, 6.45) is 0. The van der Waals surface area contributed by atoms with Gasteiger partial charge >= 0.3 is 0 Å². The van der Waals surface area contributed by atoms with Gasteiger partial charge < -0.3 is 4.74 Å². The molecule has 0 atom stereocenters. The molecule has 0 unspecified atom stereocenters. The summed E-state index contributed by atoms with van der Waals surface area (Å²) in [6.45, 7) is 1.90. The van der Waals surface area contributed by atoms with Gasteiger partial charge in [-0.25, -0.2) is 8.42 Å². The van der Waals surface area contributed by atoms with Crippen molar-refractivity contribution in [1.82, 2.24) is 0 Å². The third-order valence-corrected chi connectivity index (χ3v) is 5.21. The van der Waals surface area contributed by atoms with Gasteiger partial charge in [0.2, 0.25) is 0 Å². The Labute approximate surface area is 158 Å². The van der Waals surface area contributed by atoms with Crippen LogP contribution in [0.2, 0.25) is 0 Å². The molecule has 3 aromatic carbocycles. The number of aryl methyl sites for hydroxylation is 1. The van der Waals surface area contributed by atoms with Gasteiger partial charge in [-0.15, -0.1) is 10.2 Å². The molecule has 138 valence electrons. The van der Waals surface area contributed by atoms with Crippen LogP contribution in [0.25, 0.3) is 0 Å². The van der Waals surface area contributed by atoms with Crippen molar-refractivity contribution >= 4 is 27.1 Å². The van der Waals surface area contributed by atoms with Crippen LogP contribution in [0.4, 0.5) is 17.1 Å². The molecule has 6 nitrogen and oxygen atoms in total. The first-order valence-electron chi connectivity index (χ1n) is 8.23. The summed E-state index contributed by atoms with van der Waals surface area (Å²) in [5.74, 6) is 0.582. The molecule has 3 rings (SSSR count). The van der Waals surface area contributed by atoms with Crippen molar-refractivity contribution in [2.45, 2.75) is 11.8 Å². The van der Waals surface area contributed by atoms with Crippen LogP contribution >= 0.6 is 0 Å². The minimum Gasteiger partial charge on any atom is -0.494 e. The van der Waals surface area contributed by atoms with Crippen LogP contribution in [0.1, 0.15) is 5.56 Å². The van der Waals surface area contributed by atoms with Crippen LogP contribution in [0.15, 0.2) is 87.9 Å². The number of nitrogens with one attached hydrogen (secondary N) is 1. The van der Waals surface area contributed by atoms with Gasteiger partial charge in [0.15, 0.2) is 0 Å².